The Hall–Kier alpha value is -1.92. The molecule has 1 aromatic heterocycles. The molecule has 2 aromatic rings. The van der Waals surface area contributed by atoms with E-state index in [1.54, 1.807) is 11.6 Å². The zero-order chi connectivity index (χ0) is 17.8. The molecular weight excluding hydrogens is 346 g/mol. The summed E-state index contributed by atoms with van der Waals surface area (Å²) in [6.07, 6.45) is 2.36. The molecule has 1 amide bonds. The van der Waals surface area contributed by atoms with Gasteiger partial charge in [-0.1, -0.05) is 12.1 Å². The monoisotopic (exact) mass is 369 g/mol. The number of aryl methyl sites for hydroxylation is 1. The van der Waals surface area contributed by atoms with Crippen LogP contribution in [0.5, 0.6) is 5.75 Å². The summed E-state index contributed by atoms with van der Waals surface area (Å²) >= 11 is 1.45. The molecule has 0 aliphatic carbocycles. The maximum atomic E-state index is 13.3. The summed E-state index contributed by atoms with van der Waals surface area (Å²) < 4.78 is 0. The topological polar surface area (TPSA) is 56.7 Å². The first-order valence-electron chi connectivity index (χ1n) is 9.37. The minimum absolute atomic E-state index is 0.136. The third-order valence-electron chi connectivity index (χ3n) is 6.49. The Labute approximate surface area is 157 Å². The van der Waals surface area contributed by atoms with Crippen LogP contribution in [0, 0.1) is 12.8 Å². The van der Waals surface area contributed by atoms with E-state index in [1.165, 1.54) is 24.2 Å². The Balaban J connectivity index is 1.55. The van der Waals surface area contributed by atoms with Crippen molar-refractivity contribution in [2.24, 2.45) is 5.92 Å². The second-order valence-corrected chi connectivity index (χ2v) is 8.64. The Bertz CT molecular complexity index is 843. The van der Waals surface area contributed by atoms with Gasteiger partial charge in [0.25, 0.3) is 5.91 Å². The Morgan fingerprint density at radius 3 is 2.77 bits per heavy atom. The van der Waals surface area contributed by atoms with Crippen LogP contribution in [0.15, 0.2) is 29.8 Å². The van der Waals surface area contributed by atoms with Gasteiger partial charge in [0.2, 0.25) is 0 Å². The number of aromatic hydroxyl groups is 1. The highest BCUT2D eigenvalue weighted by molar-refractivity contribution is 7.11. The Morgan fingerprint density at radius 2 is 2.08 bits per heavy atom. The van der Waals surface area contributed by atoms with Gasteiger partial charge < -0.3 is 10.0 Å². The molecule has 6 heteroatoms. The lowest BCUT2D eigenvalue weighted by molar-refractivity contribution is -0.00329. The molecular formula is C20H23N3O2S. The van der Waals surface area contributed by atoms with Crippen LogP contribution in [0.2, 0.25) is 0 Å². The SMILES string of the molecule is Cc1ncsc1C(=O)N1C[C@@H](c2cccc(O)c2)[C@@H]2[C@H]1C1CCN2CC1. The van der Waals surface area contributed by atoms with Crippen molar-refractivity contribution in [1.82, 2.24) is 14.8 Å². The molecule has 4 aliphatic rings. The number of carbonyl (C=O) groups is 1. The van der Waals surface area contributed by atoms with Crippen LogP contribution in [0.4, 0.5) is 0 Å². The number of fused-ring (bicyclic) bond motifs is 2. The van der Waals surface area contributed by atoms with Crippen LogP contribution in [0.3, 0.4) is 0 Å². The highest BCUT2D eigenvalue weighted by Gasteiger charge is 2.54. The fraction of sp³-hybridized carbons (Fsp3) is 0.500. The molecule has 5 heterocycles. The van der Waals surface area contributed by atoms with Gasteiger partial charge in [0, 0.05) is 18.5 Å². The van der Waals surface area contributed by atoms with Crippen LogP contribution in [-0.2, 0) is 0 Å². The van der Waals surface area contributed by atoms with Gasteiger partial charge in [0.1, 0.15) is 10.6 Å². The normalized spacial score (nSPS) is 32.7. The number of carbonyl (C=O) groups excluding carboxylic acids is 1. The molecule has 26 heavy (non-hydrogen) atoms. The highest BCUT2D eigenvalue weighted by Crippen LogP contribution is 2.47. The lowest BCUT2D eigenvalue weighted by atomic mass is 9.75. The molecule has 4 aliphatic heterocycles. The number of amides is 1. The fourth-order valence-electron chi connectivity index (χ4n) is 5.34. The summed E-state index contributed by atoms with van der Waals surface area (Å²) in [6.45, 7) is 4.90. The van der Waals surface area contributed by atoms with E-state index in [0.29, 0.717) is 17.7 Å². The van der Waals surface area contributed by atoms with E-state index < -0.39 is 0 Å². The van der Waals surface area contributed by atoms with Crippen LogP contribution in [0.25, 0.3) is 0 Å². The van der Waals surface area contributed by atoms with Gasteiger partial charge in [-0.15, -0.1) is 11.3 Å². The molecule has 0 spiro atoms. The molecule has 0 saturated carbocycles. The molecule has 1 aromatic carbocycles. The molecule has 3 atom stereocenters. The van der Waals surface area contributed by atoms with Crippen molar-refractivity contribution in [3.05, 3.63) is 45.9 Å². The standard InChI is InChI=1S/C20H23N3O2S/c1-12-19(26-11-21-12)20(25)23-10-16(14-3-2-4-15(24)9-14)18-17(23)13-5-7-22(18)8-6-13/h2-4,9,11,13,16-18,24H,5-8,10H2,1H3/t16-,17+,18+/m0/s1. The highest BCUT2D eigenvalue weighted by atomic mass is 32.1. The summed E-state index contributed by atoms with van der Waals surface area (Å²) in [7, 11) is 0. The first-order chi connectivity index (χ1) is 12.6. The first kappa shape index (κ1) is 16.3. The third kappa shape index (κ3) is 2.39. The van der Waals surface area contributed by atoms with E-state index in [-0.39, 0.29) is 17.9 Å². The molecule has 4 fully saturated rings. The van der Waals surface area contributed by atoms with Crippen molar-refractivity contribution in [2.75, 3.05) is 19.6 Å². The maximum absolute atomic E-state index is 13.3. The number of hydrogen-bond donors (Lipinski definition) is 1. The largest absolute Gasteiger partial charge is 0.508 e. The number of aromatic nitrogens is 1. The number of benzene rings is 1. The van der Waals surface area contributed by atoms with Crippen molar-refractivity contribution in [3.63, 3.8) is 0 Å². The lowest BCUT2D eigenvalue weighted by Crippen LogP contribution is -2.60. The Kier molecular flexibility index (Phi) is 3.79. The fourth-order valence-corrected chi connectivity index (χ4v) is 6.10. The summed E-state index contributed by atoms with van der Waals surface area (Å²) in [5.74, 6) is 1.28. The van der Waals surface area contributed by atoms with Gasteiger partial charge in [-0.2, -0.15) is 0 Å². The maximum Gasteiger partial charge on any atom is 0.266 e. The number of rotatable bonds is 2. The Morgan fingerprint density at radius 1 is 1.27 bits per heavy atom. The van der Waals surface area contributed by atoms with Crippen LogP contribution in [0.1, 0.15) is 39.7 Å². The smallest absolute Gasteiger partial charge is 0.266 e. The number of piperidine rings is 3. The van der Waals surface area contributed by atoms with E-state index in [0.717, 1.165) is 35.8 Å². The van der Waals surface area contributed by atoms with E-state index in [1.807, 2.05) is 19.1 Å². The summed E-state index contributed by atoms with van der Waals surface area (Å²) in [6, 6.07) is 8.23. The van der Waals surface area contributed by atoms with Crippen LogP contribution >= 0.6 is 11.3 Å². The number of likely N-dealkylation sites (tertiary alicyclic amines) is 1. The lowest BCUT2D eigenvalue weighted by Gasteiger charge is -2.51. The van der Waals surface area contributed by atoms with Gasteiger partial charge in [0.05, 0.1) is 17.2 Å². The third-order valence-corrected chi connectivity index (χ3v) is 7.41. The number of phenolic OH excluding ortho intramolecular Hbond substituents is 1. The van der Waals surface area contributed by atoms with Gasteiger partial charge >= 0.3 is 0 Å². The van der Waals surface area contributed by atoms with Gasteiger partial charge in [-0.3, -0.25) is 9.69 Å². The number of thiazole rings is 1. The van der Waals surface area contributed by atoms with E-state index in [4.69, 9.17) is 0 Å². The van der Waals surface area contributed by atoms with E-state index in [2.05, 4.69) is 20.9 Å². The van der Waals surface area contributed by atoms with Crippen molar-refractivity contribution in [2.45, 2.75) is 37.8 Å². The van der Waals surface area contributed by atoms with Crippen molar-refractivity contribution >= 4 is 17.2 Å². The quantitative estimate of drug-likeness (QED) is 0.884. The molecule has 0 unspecified atom stereocenters. The summed E-state index contributed by atoms with van der Waals surface area (Å²) in [4.78, 5) is 23.1. The van der Waals surface area contributed by atoms with Crippen LogP contribution < -0.4 is 0 Å². The van der Waals surface area contributed by atoms with Crippen molar-refractivity contribution < 1.29 is 9.90 Å². The minimum Gasteiger partial charge on any atom is -0.508 e. The molecule has 5 nitrogen and oxygen atoms in total. The molecule has 1 N–H and O–H groups in total. The van der Waals surface area contributed by atoms with Gasteiger partial charge in [0.15, 0.2) is 0 Å². The molecule has 4 saturated heterocycles. The van der Waals surface area contributed by atoms with E-state index >= 15 is 0 Å². The number of nitrogens with zero attached hydrogens (tertiary/aromatic N) is 3. The first-order valence-corrected chi connectivity index (χ1v) is 10.3. The predicted octanol–water partition coefficient (Wildman–Crippen LogP) is 2.86. The predicted molar refractivity (Wildman–Crippen MR) is 101 cm³/mol. The minimum atomic E-state index is 0.136. The number of hydrogen-bond acceptors (Lipinski definition) is 5. The van der Waals surface area contributed by atoms with Crippen molar-refractivity contribution in [3.8, 4) is 5.75 Å². The second kappa shape index (κ2) is 6.06. The average Bonchev–Trinajstić information content (AvgIpc) is 3.27. The second-order valence-electron chi connectivity index (χ2n) is 7.78. The number of phenols is 1. The summed E-state index contributed by atoms with van der Waals surface area (Å²) in [5, 5.41) is 9.96. The van der Waals surface area contributed by atoms with Gasteiger partial charge in [-0.05, 0) is 56.5 Å². The molecule has 0 radical (unpaired) electrons. The van der Waals surface area contributed by atoms with Gasteiger partial charge in [-0.25, -0.2) is 4.98 Å². The molecule has 6 rings (SSSR count). The average molecular weight is 369 g/mol. The van der Waals surface area contributed by atoms with Crippen LogP contribution in [-0.4, -0.2) is 57.5 Å². The zero-order valence-electron chi connectivity index (χ0n) is 14.8. The summed E-state index contributed by atoms with van der Waals surface area (Å²) in [5.41, 5.74) is 3.74. The van der Waals surface area contributed by atoms with Crippen molar-refractivity contribution in [1.29, 1.82) is 0 Å². The zero-order valence-corrected chi connectivity index (χ0v) is 15.7. The molecule has 2 bridgehead atoms. The molecule has 136 valence electrons. The van der Waals surface area contributed by atoms with E-state index in [9.17, 15) is 9.90 Å².